The number of aromatic amines is 1. The zero-order chi connectivity index (χ0) is 18.3. The molecule has 0 spiro atoms. The number of amides is 1. The van der Waals surface area contributed by atoms with Gasteiger partial charge in [-0.2, -0.15) is 0 Å². The number of carbonyl (C=O) groups excluding carboxylic acids is 1. The number of imidazole rings is 1. The molecule has 0 saturated carbocycles. The van der Waals surface area contributed by atoms with E-state index in [1.165, 1.54) is 16.7 Å². The molecule has 1 aromatic carbocycles. The van der Waals surface area contributed by atoms with E-state index in [2.05, 4.69) is 9.97 Å². The topological polar surface area (TPSA) is 91.2 Å². The Morgan fingerprint density at radius 2 is 2.19 bits per heavy atom. The number of nitrogens with one attached hydrogen (secondary N) is 1. The molecule has 1 aliphatic rings. The van der Waals surface area contributed by atoms with Crippen LogP contribution < -0.4 is 0 Å². The van der Waals surface area contributed by atoms with Crippen molar-refractivity contribution < 1.29 is 14.7 Å². The first-order chi connectivity index (χ1) is 12.5. The molecule has 1 atom stereocenters. The number of hydrogen-bond donors (Lipinski definition) is 2. The van der Waals surface area contributed by atoms with Gasteiger partial charge in [-0.15, -0.1) is 11.8 Å². The van der Waals surface area contributed by atoms with Crippen LogP contribution in [0.25, 0.3) is 10.9 Å². The van der Waals surface area contributed by atoms with E-state index in [0.717, 1.165) is 27.2 Å². The molecule has 134 valence electrons. The molecule has 1 aliphatic heterocycles. The zero-order valence-electron chi connectivity index (χ0n) is 14.2. The molecule has 1 amide bonds. The highest BCUT2D eigenvalue weighted by Crippen LogP contribution is 2.30. The van der Waals surface area contributed by atoms with E-state index >= 15 is 0 Å². The number of nitrogens with zero attached hydrogens (tertiary/aromatic N) is 3. The number of hydrogen-bond acceptors (Lipinski definition) is 4. The summed E-state index contributed by atoms with van der Waals surface area (Å²) in [6.07, 6.45) is 3.78. The molecule has 4 rings (SSSR count). The maximum absolute atomic E-state index is 12.8. The third-order valence-corrected chi connectivity index (χ3v) is 5.74. The number of para-hydroxylation sites is 1. The highest BCUT2D eigenvalue weighted by Gasteiger charge is 2.35. The molecular weight excluding hydrogens is 352 g/mol. The number of carboxylic acids is 1. The minimum absolute atomic E-state index is 0.185. The van der Waals surface area contributed by atoms with Crippen molar-refractivity contribution in [2.75, 3.05) is 5.75 Å². The third-order valence-electron chi connectivity index (χ3n) is 4.72. The summed E-state index contributed by atoms with van der Waals surface area (Å²) in [5.74, 6) is -0.987. The van der Waals surface area contributed by atoms with Gasteiger partial charge in [-0.3, -0.25) is 4.79 Å². The minimum atomic E-state index is -0.998. The number of carboxylic acid groups (broad SMARTS) is 1. The third kappa shape index (κ3) is 2.86. The second kappa shape index (κ2) is 6.53. The first kappa shape index (κ1) is 16.7. The Bertz CT molecular complexity index is 993. The Hall–Kier alpha value is -2.74. The zero-order valence-corrected chi connectivity index (χ0v) is 15.0. The molecule has 0 unspecified atom stereocenters. The van der Waals surface area contributed by atoms with Crippen molar-refractivity contribution in [1.29, 1.82) is 0 Å². The highest BCUT2D eigenvalue weighted by molar-refractivity contribution is 8.00. The number of H-pyrrole nitrogens is 1. The highest BCUT2D eigenvalue weighted by atomic mass is 32.2. The second-order valence-corrected chi connectivity index (χ2v) is 7.33. The smallest absolute Gasteiger partial charge is 0.326 e. The lowest BCUT2D eigenvalue weighted by molar-refractivity contribution is -0.150. The van der Waals surface area contributed by atoms with Gasteiger partial charge >= 0.3 is 5.97 Å². The summed E-state index contributed by atoms with van der Waals surface area (Å²) < 4.78 is 2.03. The standard InChI is InChI=1S/C18H18N4O3S/c1-21-8-16(11-4-2-3-5-14(11)21)26-9-17(23)22-7-13-12(19-10-20-13)6-15(22)18(24)25/h2-5,8,10,15H,6-7,9H2,1H3,(H,19,20)(H,24,25)/t15-/m1/s1. The van der Waals surface area contributed by atoms with Gasteiger partial charge in [0.1, 0.15) is 6.04 Å². The number of aromatic nitrogens is 3. The van der Waals surface area contributed by atoms with Crippen molar-refractivity contribution in [3.63, 3.8) is 0 Å². The summed E-state index contributed by atoms with van der Waals surface area (Å²) >= 11 is 1.44. The van der Waals surface area contributed by atoms with Gasteiger partial charge in [-0.05, 0) is 6.07 Å². The van der Waals surface area contributed by atoms with Gasteiger partial charge in [0.05, 0.1) is 30.0 Å². The van der Waals surface area contributed by atoms with Crippen LogP contribution >= 0.6 is 11.8 Å². The fourth-order valence-corrected chi connectivity index (χ4v) is 4.37. The fraction of sp³-hybridized carbons (Fsp3) is 0.278. The lowest BCUT2D eigenvalue weighted by Crippen LogP contribution is -2.49. The largest absolute Gasteiger partial charge is 0.480 e. The van der Waals surface area contributed by atoms with Crippen molar-refractivity contribution >= 4 is 34.5 Å². The van der Waals surface area contributed by atoms with E-state index in [-0.39, 0.29) is 24.6 Å². The van der Waals surface area contributed by atoms with E-state index in [1.54, 1.807) is 6.33 Å². The van der Waals surface area contributed by atoms with Gasteiger partial charge in [0.15, 0.2) is 0 Å². The molecule has 7 nitrogen and oxygen atoms in total. The predicted molar refractivity (Wildman–Crippen MR) is 97.9 cm³/mol. The Balaban J connectivity index is 1.53. The number of aryl methyl sites for hydroxylation is 1. The van der Waals surface area contributed by atoms with Gasteiger partial charge < -0.3 is 19.6 Å². The molecule has 3 heterocycles. The van der Waals surface area contributed by atoms with Crippen LogP contribution in [-0.4, -0.2) is 48.2 Å². The number of benzene rings is 1. The first-order valence-electron chi connectivity index (χ1n) is 8.25. The van der Waals surface area contributed by atoms with Crippen molar-refractivity contribution in [3.05, 3.63) is 48.2 Å². The number of thioether (sulfide) groups is 1. The summed E-state index contributed by atoms with van der Waals surface area (Å²) in [6.45, 7) is 0.251. The van der Waals surface area contributed by atoms with Crippen LogP contribution in [0.2, 0.25) is 0 Å². The summed E-state index contributed by atoms with van der Waals surface area (Å²) in [4.78, 5) is 34.0. The van der Waals surface area contributed by atoms with E-state index in [4.69, 9.17) is 0 Å². The lowest BCUT2D eigenvalue weighted by atomic mass is 10.0. The predicted octanol–water partition coefficient (Wildman–Crippen LogP) is 2.03. The average molecular weight is 370 g/mol. The molecular formula is C18H18N4O3S. The molecule has 26 heavy (non-hydrogen) atoms. The van der Waals surface area contributed by atoms with Crippen LogP contribution in [0.1, 0.15) is 11.4 Å². The average Bonchev–Trinajstić information content (AvgIpc) is 3.23. The van der Waals surface area contributed by atoms with Gasteiger partial charge in [-0.1, -0.05) is 18.2 Å². The molecule has 0 radical (unpaired) electrons. The Kier molecular flexibility index (Phi) is 4.20. The van der Waals surface area contributed by atoms with Crippen molar-refractivity contribution in [1.82, 2.24) is 19.4 Å². The van der Waals surface area contributed by atoms with Crippen molar-refractivity contribution in [2.24, 2.45) is 7.05 Å². The van der Waals surface area contributed by atoms with E-state index < -0.39 is 12.0 Å². The number of aliphatic carboxylic acids is 1. The monoisotopic (exact) mass is 370 g/mol. The van der Waals surface area contributed by atoms with Crippen molar-refractivity contribution in [3.8, 4) is 0 Å². The van der Waals surface area contributed by atoms with Gasteiger partial charge in [0.2, 0.25) is 5.91 Å². The molecule has 2 N–H and O–H groups in total. The summed E-state index contributed by atoms with van der Waals surface area (Å²) in [5, 5.41) is 10.6. The molecule has 0 fully saturated rings. The normalized spacial score (nSPS) is 16.7. The fourth-order valence-electron chi connectivity index (χ4n) is 3.36. The Morgan fingerprint density at radius 3 is 3.00 bits per heavy atom. The number of carbonyl (C=O) groups is 2. The molecule has 2 aromatic heterocycles. The Morgan fingerprint density at radius 1 is 1.38 bits per heavy atom. The second-order valence-electron chi connectivity index (χ2n) is 6.32. The summed E-state index contributed by atoms with van der Waals surface area (Å²) in [6, 6.07) is 7.15. The van der Waals surface area contributed by atoms with Crippen LogP contribution in [0.3, 0.4) is 0 Å². The van der Waals surface area contributed by atoms with Crippen LogP contribution in [0, 0.1) is 0 Å². The van der Waals surface area contributed by atoms with E-state index in [9.17, 15) is 14.7 Å². The van der Waals surface area contributed by atoms with Crippen LogP contribution in [-0.2, 0) is 29.6 Å². The summed E-state index contributed by atoms with van der Waals surface area (Å²) in [7, 11) is 1.97. The maximum atomic E-state index is 12.8. The van der Waals surface area contributed by atoms with Crippen LogP contribution in [0.15, 0.2) is 41.7 Å². The number of rotatable bonds is 4. The Labute approximate surface area is 154 Å². The van der Waals surface area contributed by atoms with Crippen LogP contribution in [0.4, 0.5) is 0 Å². The maximum Gasteiger partial charge on any atom is 0.326 e. The van der Waals surface area contributed by atoms with E-state index in [0.29, 0.717) is 0 Å². The van der Waals surface area contributed by atoms with Gasteiger partial charge in [-0.25, -0.2) is 9.78 Å². The van der Waals surface area contributed by atoms with Gasteiger partial charge in [0, 0.05) is 35.5 Å². The molecule has 8 heteroatoms. The minimum Gasteiger partial charge on any atom is -0.480 e. The molecule has 0 aliphatic carbocycles. The molecule has 0 bridgehead atoms. The van der Waals surface area contributed by atoms with Crippen molar-refractivity contribution in [2.45, 2.75) is 23.9 Å². The van der Waals surface area contributed by atoms with Crippen LogP contribution in [0.5, 0.6) is 0 Å². The number of fused-ring (bicyclic) bond motifs is 2. The quantitative estimate of drug-likeness (QED) is 0.686. The molecule has 3 aromatic rings. The van der Waals surface area contributed by atoms with Gasteiger partial charge in [0.25, 0.3) is 0 Å². The summed E-state index contributed by atoms with van der Waals surface area (Å²) in [5.41, 5.74) is 2.64. The SMILES string of the molecule is Cn1cc(SCC(=O)N2Cc3[nH]cnc3C[C@@H]2C(=O)O)c2ccccc21. The lowest BCUT2D eigenvalue weighted by Gasteiger charge is -2.32. The first-order valence-corrected chi connectivity index (χ1v) is 9.23. The molecule has 0 saturated heterocycles. The van der Waals surface area contributed by atoms with E-state index in [1.807, 2.05) is 42.1 Å².